The van der Waals surface area contributed by atoms with Gasteiger partial charge in [0.2, 0.25) is 11.8 Å². The average molecular weight is 758 g/mol. The summed E-state index contributed by atoms with van der Waals surface area (Å²) < 4.78 is 11.0. The quantitative estimate of drug-likeness (QED) is 0.123. The molecule has 12 nitrogen and oxygen atoms in total. The van der Waals surface area contributed by atoms with Crippen LogP contribution >= 0.6 is 0 Å². The number of ether oxygens (including phenoxy) is 2. The summed E-state index contributed by atoms with van der Waals surface area (Å²) in [5.74, 6) is -1.40. The standard InChI is InChI=1S/C43H59N5O7/c1-29(2)37(46-42(52)54-27-33-20-13-8-14-21-33)40(50)44-35(24-31-16-9-6-10-17-31)39(49)36(25-32-18-11-7-12-19-32)45-41(51)38(30(3)4)47-43(53)55-28-34-22-15-23-48(5)26-34/h6-14,16-21,29-30,34-39,49H,15,22-28H2,1-5H3,(H,44,50)(H,45,51)(H,46,52)(H,47,53)/t34?,35-,36-,37-,38-,39?/m0/s1. The van der Waals surface area contributed by atoms with Gasteiger partial charge in [-0.3, -0.25) is 9.59 Å². The minimum Gasteiger partial charge on any atom is -0.449 e. The minimum atomic E-state index is -1.30. The first-order valence-corrected chi connectivity index (χ1v) is 19.3. The van der Waals surface area contributed by atoms with Crippen LogP contribution in [-0.4, -0.2) is 91.0 Å². The van der Waals surface area contributed by atoms with Crippen LogP contribution in [0.1, 0.15) is 57.2 Å². The lowest BCUT2D eigenvalue weighted by Crippen LogP contribution is -2.61. The molecule has 298 valence electrons. The van der Waals surface area contributed by atoms with Crippen LogP contribution in [-0.2, 0) is 38.5 Å². The first-order chi connectivity index (χ1) is 26.4. The molecule has 12 heteroatoms. The molecular formula is C43H59N5O7. The molecule has 2 unspecified atom stereocenters. The largest absolute Gasteiger partial charge is 0.449 e. The van der Waals surface area contributed by atoms with Crippen molar-refractivity contribution in [2.24, 2.45) is 17.8 Å². The van der Waals surface area contributed by atoms with E-state index in [2.05, 4.69) is 26.2 Å². The second kappa shape index (κ2) is 21.8. The van der Waals surface area contributed by atoms with Gasteiger partial charge >= 0.3 is 12.2 Å². The first kappa shape index (κ1) is 42.8. The highest BCUT2D eigenvalue weighted by atomic mass is 16.6. The van der Waals surface area contributed by atoms with Crippen LogP contribution in [0, 0.1) is 17.8 Å². The predicted molar refractivity (Wildman–Crippen MR) is 212 cm³/mol. The fraction of sp³-hybridized carbons (Fsp3) is 0.488. The normalized spacial score (nSPS) is 17.3. The topological polar surface area (TPSA) is 158 Å². The van der Waals surface area contributed by atoms with Gasteiger partial charge in [0.1, 0.15) is 18.7 Å². The monoisotopic (exact) mass is 757 g/mol. The van der Waals surface area contributed by atoms with Crippen molar-refractivity contribution in [2.45, 2.75) is 90.3 Å². The summed E-state index contributed by atoms with van der Waals surface area (Å²) >= 11 is 0. The molecule has 55 heavy (non-hydrogen) atoms. The number of alkyl carbamates (subject to hydrolysis) is 2. The van der Waals surface area contributed by atoms with Gasteiger partial charge in [-0.1, -0.05) is 119 Å². The van der Waals surface area contributed by atoms with Gasteiger partial charge in [0.15, 0.2) is 0 Å². The maximum Gasteiger partial charge on any atom is 0.408 e. The SMILES string of the molecule is CC(C)[C@H](NC(=O)OCc1ccccc1)C(=O)N[C@@H](Cc1ccccc1)C(O)[C@H](Cc1ccccc1)NC(=O)[C@@H](NC(=O)OCC1CCCN(C)C1)C(C)C. The van der Waals surface area contributed by atoms with Crippen LogP contribution < -0.4 is 21.3 Å². The number of rotatable bonds is 18. The van der Waals surface area contributed by atoms with E-state index in [0.29, 0.717) is 0 Å². The van der Waals surface area contributed by atoms with Gasteiger partial charge in [-0.05, 0) is 67.8 Å². The summed E-state index contributed by atoms with van der Waals surface area (Å²) in [4.78, 5) is 56.0. The Morgan fingerprint density at radius 1 is 0.673 bits per heavy atom. The highest BCUT2D eigenvalue weighted by Gasteiger charge is 2.36. The highest BCUT2D eigenvalue weighted by Crippen LogP contribution is 2.17. The van der Waals surface area contributed by atoms with Gasteiger partial charge in [-0.15, -0.1) is 0 Å². The zero-order chi connectivity index (χ0) is 39.7. The van der Waals surface area contributed by atoms with Crippen LogP contribution in [0.5, 0.6) is 0 Å². The zero-order valence-corrected chi connectivity index (χ0v) is 32.8. The van der Waals surface area contributed by atoms with Crippen molar-refractivity contribution in [1.29, 1.82) is 0 Å². The number of nitrogens with zero attached hydrogens (tertiary/aromatic N) is 1. The number of carbonyl (C=O) groups is 4. The molecule has 4 amide bonds. The fourth-order valence-corrected chi connectivity index (χ4v) is 6.81. The smallest absolute Gasteiger partial charge is 0.408 e. The number of carbonyl (C=O) groups excluding carboxylic acids is 4. The van der Waals surface area contributed by atoms with E-state index in [9.17, 15) is 24.3 Å². The lowest BCUT2D eigenvalue weighted by atomic mass is 9.91. The van der Waals surface area contributed by atoms with Gasteiger partial charge in [0, 0.05) is 12.5 Å². The third kappa shape index (κ3) is 14.3. The Morgan fingerprint density at radius 3 is 1.55 bits per heavy atom. The molecule has 1 aliphatic rings. The molecule has 1 saturated heterocycles. The van der Waals surface area contributed by atoms with Gasteiger partial charge < -0.3 is 40.7 Å². The van der Waals surface area contributed by atoms with Crippen LogP contribution in [0.4, 0.5) is 9.59 Å². The molecule has 0 radical (unpaired) electrons. The van der Waals surface area contributed by atoms with Crippen LogP contribution in [0.2, 0.25) is 0 Å². The summed E-state index contributed by atoms with van der Waals surface area (Å²) in [5.41, 5.74) is 2.51. The molecule has 1 fully saturated rings. The van der Waals surface area contributed by atoms with Crippen molar-refractivity contribution in [3.8, 4) is 0 Å². The lowest BCUT2D eigenvalue weighted by Gasteiger charge is -2.34. The van der Waals surface area contributed by atoms with E-state index in [0.717, 1.165) is 42.6 Å². The van der Waals surface area contributed by atoms with E-state index >= 15 is 0 Å². The van der Waals surface area contributed by atoms with Crippen molar-refractivity contribution < 1.29 is 33.8 Å². The molecule has 5 N–H and O–H groups in total. The maximum absolute atomic E-state index is 14.0. The van der Waals surface area contributed by atoms with E-state index in [1.165, 1.54) is 0 Å². The maximum atomic E-state index is 14.0. The number of likely N-dealkylation sites (tertiary alicyclic amines) is 1. The Hall–Kier alpha value is -4.94. The van der Waals surface area contributed by atoms with Crippen molar-refractivity contribution in [3.63, 3.8) is 0 Å². The van der Waals surface area contributed by atoms with Crippen LogP contribution in [0.15, 0.2) is 91.0 Å². The predicted octanol–water partition coefficient (Wildman–Crippen LogP) is 4.85. The first-order valence-electron chi connectivity index (χ1n) is 19.3. The molecule has 0 bridgehead atoms. The molecule has 1 aliphatic heterocycles. The van der Waals surface area contributed by atoms with Crippen molar-refractivity contribution in [1.82, 2.24) is 26.2 Å². The fourth-order valence-electron chi connectivity index (χ4n) is 6.81. The third-order valence-corrected chi connectivity index (χ3v) is 9.91. The molecule has 0 aliphatic carbocycles. The number of nitrogens with one attached hydrogen (secondary N) is 4. The molecule has 4 rings (SSSR count). The molecule has 1 heterocycles. The van der Waals surface area contributed by atoms with Crippen LogP contribution in [0.3, 0.4) is 0 Å². The highest BCUT2D eigenvalue weighted by molar-refractivity contribution is 5.87. The number of hydrogen-bond donors (Lipinski definition) is 5. The van der Waals surface area contributed by atoms with Crippen LogP contribution in [0.25, 0.3) is 0 Å². The minimum absolute atomic E-state index is 0.0391. The summed E-state index contributed by atoms with van der Waals surface area (Å²) in [6, 6.07) is 24.3. The second-order valence-electron chi connectivity index (χ2n) is 15.3. The summed E-state index contributed by atoms with van der Waals surface area (Å²) in [6.07, 6.45) is -0.249. The number of aliphatic hydroxyl groups is 1. The number of benzene rings is 3. The van der Waals surface area contributed by atoms with Crippen molar-refractivity contribution >= 4 is 24.0 Å². The molecule has 6 atom stereocenters. The number of amides is 4. The Labute approximate surface area is 325 Å². The van der Waals surface area contributed by atoms with E-state index in [-0.39, 0.29) is 43.8 Å². The molecule has 0 saturated carbocycles. The Bertz CT molecular complexity index is 1630. The zero-order valence-electron chi connectivity index (χ0n) is 32.8. The Balaban J connectivity index is 1.52. The number of aliphatic hydroxyl groups excluding tert-OH is 1. The van der Waals surface area contributed by atoms with Gasteiger partial charge in [-0.25, -0.2) is 9.59 Å². The van der Waals surface area contributed by atoms with Gasteiger partial charge in [0.25, 0.3) is 0 Å². The summed E-state index contributed by atoms with van der Waals surface area (Å²) in [6.45, 7) is 9.42. The Morgan fingerprint density at radius 2 is 1.11 bits per heavy atom. The molecule has 3 aromatic rings. The summed E-state index contributed by atoms with van der Waals surface area (Å²) in [5, 5.41) is 23.7. The van der Waals surface area contributed by atoms with E-state index in [4.69, 9.17) is 9.47 Å². The van der Waals surface area contributed by atoms with E-state index in [1.54, 1.807) is 13.8 Å². The molecule has 0 spiro atoms. The number of piperidine rings is 1. The molecule has 3 aromatic carbocycles. The van der Waals surface area contributed by atoms with Crippen molar-refractivity contribution in [2.75, 3.05) is 26.7 Å². The summed E-state index contributed by atoms with van der Waals surface area (Å²) in [7, 11) is 2.05. The molecular weight excluding hydrogens is 699 g/mol. The third-order valence-electron chi connectivity index (χ3n) is 9.91. The Kier molecular flexibility index (Phi) is 17.0. The number of hydrogen-bond acceptors (Lipinski definition) is 8. The average Bonchev–Trinajstić information content (AvgIpc) is 3.17. The van der Waals surface area contributed by atoms with E-state index in [1.807, 2.05) is 112 Å². The van der Waals surface area contributed by atoms with Gasteiger partial charge in [0.05, 0.1) is 24.8 Å². The van der Waals surface area contributed by atoms with E-state index < -0.39 is 54.3 Å². The second-order valence-corrected chi connectivity index (χ2v) is 15.3. The molecule has 0 aromatic heterocycles. The van der Waals surface area contributed by atoms with Crippen molar-refractivity contribution in [3.05, 3.63) is 108 Å². The lowest BCUT2D eigenvalue weighted by molar-refractivity contribution is -0.126. The van der Waals surface area contributed by atoms with Gasteiger partial charge in [-0.2, -0.15) is 0 Å².